The quantitative estimate of drug-likeness (QED) is 0.212. The molecule has 0 aliphatic carbocycles. The number of hydrogen-bond donors (Lipinski definition) is 0. The van der Waals surface area contributed by atoms with E-state index < -0.39 is 0 Å². The molecule has 3 nitrogen and oxygen atoms in total. The third-order valence-corrected chi connectivity index (χ3v) is 8.79. The standard InChI is InChI=1S/C41H28N2O/c1-27-10-9-14-32(24-27)43-35-21-19-29(25-34(35)41-33-15-6-5-11-28(33)18-23-38(41)43)30-20-22-37-40(26-30)44-39-17-8-7-16-36(39)42(37)31-12-3-2-4-13-31/h2-26H,1H3. The van der Waals surface area contributed by atoms with Gasteiger partial charge in [0, 0.05) is 22.1 Å². The summed E-state index contributed by atoms with van der Waals surface area (Å²) in [6, 6.07) is 54.1. The van der Waals surface area contributed by atoms with Crippen LogP contribution < -0.4 is 9.64 Å². The monoisotopic (exact) mass is 564 g/mol. The molecule has 9 rings (SSSR count). The Bertz CT molecular complexity index is 2390. The summed E-state index contributed by atoms with van der Waals surface area (Å²) in [6.07, 6.45) is 0. The van der Waals surface area contributed by atoms with Crippen molar-refractivity contribution < 1.29 is 4.74 Å². The lowest BCUT2D eigenvalue weighted by molar-refractivity contribution is 0.477. The molecule has 1 aliphatic heterocycles. The minimum atomic E-state index is 0.845. The highest BCUT2D eigenvalue weighted by Gasteiger charge is 2.26. The van der Waals surface area contributed by atoms with Gasteiger partial charge >= 0.3 is 0 Å². The van der Waals surface area contributed by atoms with Crippen LogP contribution in [0.3, 0.4) is 0 Å². The van der Waals surface area contributed by atoms with Gasteiger partial charge in [-0.15, -0.1) is 0 Å². The Hall–Kier alpha value is -5.80. The SMILES string of the molecule is Cc1cccc(-n2c3ccc(-c4ccc5c(c4)Oc4ccccc4N5c4ccccc4)cc3c3c4ccccc4ccc32)c1. The number of benzene rings is 7. The maximum absolute atomic E-state index is 6.53. The molecule has 1 aromatic heterocycles. The van der Waals surface area contributed by atoms with Crippen LogP contribution in [0.15, 0.2) is 152 Å². The zero-order chi connectivity index (χ0) is 29.2. The third kappa shape index (κ3) is 3.76. The van der Waals surface area contributed by atoms with E-state index in [1.165, 1.54) is 43.8 Å². The Morgan fingerprint density at radius 1 is 0.477 bits per heavy atom. The Balaban J connectivity index is 1.26. The molecule has 0 saturated heterocycles. The summed E-state index contributed by atoms with van der Waals surface area (Å²) >= 11 is 0. The van der Waals surface area contributed by atoms with Crippen molar-refractivity contribution in [3.63, 3.8) is 0 Å². The number of aromatic nitrogens is 1. The van der Waals surface area contributed by atoms with Gasteiger partial charge in [0.25, 0.3) is 0 Å². The van der Waals surface area contributed by atoms with Gasteiger partial charge in [0.1, 0.15) is 0 Å². The summed E-state index contributed by atoms with van der Waals surface area (Å²) in [6.45, 7) is 2.15. The van der Waals surface area contributed by atoms with Gasteiger partial charge in [-0.3, -0.25) is 0 Å². The second kappa shape index (κ2) is 9.62. The van der Waals surface area contributed by atoms with Crippen molar-refractivity contribution in [3.8, 4) is 28.3 Å². The van der Waals surface area contributed by atoms with E-state index >= 15 is 0 Å². The van der Waals surface area contributed by atoms with Gasteiger partial charge < -0.3 is 14.2 Å². The van der Waals surface area contributed by atoms with Crippen molar-refractivity contribution in [3.05, 3.63) is 157 Å². The van der Waals surface area contributed by atoms with Crippen LogP contribution in [-0.4, -0.2) is 4.57 Å². The van der Waals surface area contributed by atoms with E-state index in [1.54, 1.807) is 0 Å². The first-order valence-electron chi connectivity index (χ1n) is 15.0. The van der Waals surface area contributed by atoms with Crippen LogP contribution in [0.2, 0.25) is 0 Å². The first kappa shape index (κ1) is 24.8. The first-order chi connectivity index (χ1) is 21.7. The molecule has 0 radical (unpaired) electrons. The second-order valence-corrected chi connectivity index (χ2v) is 11.5. The summed E-state index contributed by atoms with van der Waals surface area (Å²) in [5.41, 5.74) is 10.3. The molecule has 0 atom stereocenters. The molecule has 0 spiro atoms. The minimum Gasteiger partial charge on any atom is -0.453 e. The Morgan fingerprint density at radius 3 is 2.11 bits per heavy atom. The first-order valence-corrected chi connectivity index (χ1v) is 15.0. The predicted molar refractivity (Wildman–Crippen MR) is 183 cm³/mol. The van der Waals surface area contributed by atoms with Crippen LogP contribution in [0.1, 0.15) is 5.56 Å². The third-order valence-electron chi connectivity index (χ3n) is 8.79. The molecule has 208 valence electrons. The number of ether oxygens (including phenoxy) is 1. The highest BCUT2D eigenvalue weighted by molar-refractivity contribution is 6.21. The lowest BCUT2D eigenvalue weighted by Crippen LogP contribution is -2.15. The predicted octanol–water partition coefficient (Wildman–Crippen LogP) is 11.5. The molecule has 0 fully saturated rings. The average molecular weight is 565 g/mol. The molecule has 0 bridgehead atoms. The van der Waals surface area contributed by atoms with E-state index in [-0.39, 0.29) is 0 Å². The number of para-hydroxylation sites is 3. The maximum Gasteiger partial charge on any atom is 0.152 e. The van der Waals surface area contributed by atoms with E-state index in [2.05, 4.69) is 156 Å². The highest BCUT2D eigenvalue weighted by Crippen LogP contribution is 2.51. The highest BCUT2D eigenvalue weighted by atomic mass is 16.5. The molecule has 0 saturated carbocycles. The lowest BCUT2D eigenvalue weighted by atomic mass is 9.99. The molecule has 3 heteroatoms. The van der Waals surface area contributed by atoms with Crippen molar-refractivity contribution >= 4 is 49.6 Å². The topological polar surface area (TPSA) is 17.4 Å². The second-order valence-electron chi connectivity index (χ2n) is 11.5. The van der Waals surface area contributed by atoms with E-state index in [0.29, 0.717) is 0 Å². The van der Waals surface area contributed by atoms with Crippen molar-refractivity contribution in [2.45, 2.75) is 6.92 Å². The van der Waals surface area contributed by atoms with Crippen molar-refractivity contribution in [1.82, 2.24) is 4.57 Å². The Kier molecular flexibility index (Phi) is 5.41. The average Bonchev–Trinajstić information content (AvgIpc) is 3.41. The molecule has 8 aromatic rings. The number of nitrogens with zero attached hydrogens (tertiary/aromatic N) is 2. The zero-order valence-electron chi connectivity index (χ0n) is 24.2. The van der Waals surface area contributed by atoms with E-state index in [1.807, 2.05) is 12.1 Å². The van der Waals surface area contributed by atoms with Gasteiger partial charge in [-0.25, -0.2) is 0 Å². The molecule has 2 heterocycles. The van der Waals surface area contributed by atoms with Gasteiger partial charge in [-0.05, 0) is 101 Å². The molecule has 0 amide bonds. The molecule has 0 N–H and O–H groups in total. The summed E-state index contributed by atoms with van der Waals surface area (Å²) in [5, 5.41) is 5.03. The smallest absolute Gasteiger partial charge is 0.152 e. The van der Waals surface area contributed by atoms with Crippen molar-refractivity contribution in [1.29, 1.82) is 0 Å². The fraction of sp³-hybridized carbons (Fsp3) is 0.0244. The largest absolute Gasteiger partial charge is 0.453 e. The number of hydrogen-bond acceptors (Lipinski definition) is 2. The van der Waals surface area contributed by atoms with E-state index in [0.717, 1.165) is 39.7 Å². The Morgan fingerprint density at radius 2 is 1.20 bits per heavy atom. The van der Waals surface area contributed by atoms with E-state index in [4.69, 9.17) is 4.74 Å². The van der Waals surface area contributed by atoms with Crippen LogP contribution in [0.5, 0.6) is 11.5 Å². The van der Waals surface area contributed by atoms with Crippen LogP contribution >= 0.6 is 0 Å². The van der Waals surface area contributed by atoms with Crippen LogP contribution in [0.25, 0.3) is 49.4 Å². The van der Waals surface area contributed by atoms with Gasteiger partial charge in [0.15, 0.2) is 11.5 Å². The van der Waals surface area contributed by atoms with Gasteiger partial charge in [0.05, 0.1) is 22.4 Å². The van der Waals surface area contributed by atoms with Crippen LogP contribution in [0.4, 0.5) is 17.1 Å². The van der Waals surface area contributed by atoms with Gasteiger partial charge in [-0.1, -0.05) is 84.9 Å². The van der Waals surface area contributed by atoms with E-state index in [9.17, 15) is 0 Å². The number of rotatable bonds is 3. The summed E-state index contributed by atoms with van der Waals surface area (Å²) in [5.74, 6) is 1.70. The fourth-order valence-electron chi connectivity index (χ4n) is 6.81. The van der Waals surface area contributed by atoms with Crippen molar-refractivity contribution in [2.24, 2.45) is 0 Å². The molecule has 0 unspecified atom stereocenters. The van der Waals surface area contributed by atoms with Crippen LogP contribution in [0, 0.1) is 6.92 Å². The van der Waals surface area contributed by atoms with Crippen molar-refractivity contribution in [2.75, 3.05) is 4.90 Å². The van der Waals surface area contributed by atoms with Gasteiger partial charge in [0.2, 0.25) is 0 Å². The molecule has 7 aromatic carbocycles. The van der Waals surface area contributed by atoms with Gasteiger partial charge in [-0.2, -0.15) is 0 Å². The summed E-state index contributed by atoms with van der Waals surface area (Å²) < 4.78 is 8.94. The maximum atomic E-state index is 6.53. The number of fused-ring (bicyclic) bond motifs is 7. The number of aryl methyl sites for hydroxylation is 1. The summed E-state index contributed by atoms with van der Waals surface area (Å²) in [4.78, 5) is 2.28. The fourth-order valence-corrected chi connectivity index (χ4v) is 6.81. The Labute approximate surface area is 255 Å². The summed E-state index contributed by atoms with van der Waals surface area (Å²) in [7, 11) is 0. The van der Waals surface area contributed by atoms with Crippen LogP contribution in [-0.2, 0) is 0 Å². The molecule has 1 aliphatic rings. The minimum absolute atomic E-state index is 0.845. The molecule has 44 heavy (non-hydrogen) atoms. The lowest BCUT2D eigenvalue weighted by Gasteiger charge is -2.33. The number of anilines is 3. The normalized spacial score (nSPS) is 12.3. The zero-order valence-corrected chi connectivity index (χ0v) is 24.2. The molecular weight excluding hydrogens is 536 g/mol. The molecular formula is C41H28N2O.